The van der Waals surface area contributed by atoms with Crippen LogP contribution in [0.5, 0.6) is 5.75 Å². The van der Waals surface area contributed by atoms with Gasteiger partial charge in [-0.3, -0.25) is 0 Å². The molecule has 2 aromatic rings. The fraction of sp³-hybridized carbons (Fsp3) is 0.154. The Balaban J connectivity index is 2.16. The van der Waals surface area contributed by atoms with Crippen molar-refractivity contribution in [3.63, 3.8) is 0 Å². The highest BCUT2D eigenvalue weighted by Gasteiger charge is 2.08. The van der Waals surface area contributed by atoms with Crippen LogP contribution in [0.2, 0.25) is 5.02 Å². The van der Waals surface area contributed by atoms with E-state index in [1.54, 1.807) is 19.2 Å². The number of hydrogen-bond donors (Lipinski definition) is 1. The van der Waals surface area contributed by atoms with Gasteiger partial charge in [0.2, 0.25) is 0 Å². The predicted molar refractivity (Wildman–Crippen MR) is 69.5 cm³/mol. The molecule has 0 aliphatic heterocycles. The van der Waals surface area contributed by atoms with Gasteiger partial charge in [-0.05, 0) is 24.3 Å². The first kappa shape index (κ1) is 13.5. The summed E-state index contributed by atoms with van der Waals surface area (Å²) in [5, 5.41) is 3.25. The van der Waals surface area contributed by atoms with Crippen molar-refractivity contribution in [2.24, 2.45) is 0 Å². The van der Waals surface area contributed by atoms with Crippen LogP contribution in [0.1, 0.15) is 5.69 Å². The lowest BCUT2D eigenvalue weighted by atomic mass is 10.3. The maximum atomic E-state index is 13.4. The van der Waals surface area contributed by atoms with Crippen molar-refractivity contribution in [1.29, 1.82) is 0 Å². The van der Waals surface area contributed by atoms with Crippen LogP contribution >= 0.6 is 11.6 Å². The van der Waals surface area contributed by atoms with Gasteiger partial charge in [-0.2, -0.15) is 0 Å². The zero-order valence-electron chi connectivity index (χ0n) is 10.1. The first-order chi connectivity index (χ1) is 9.10. The minimum Gasteiger partial charge on any atom is -0.484 e. The molecular weight excluding hydrogens is 274 g/mol. The molecular formula is C13H11ClF2N2O. The van der Waals surface area contributed by atoms with E-state index in [4.69, 9.17) is 16.3 Å². The van der Waals surface area contributed by atoms with E-state index in [1.807, 2.05) is 0 Å². The van der Waals surface area contributed by atoms with Crippen LogP contribution in [-0.2, 0) is 6.61 Å². The summed E-state index contributed by atoms with van der Waals surface area (Å²) in [4.78, 5) is 4.17. The highest BCUT2D eigenvalue weighted by atomic mass is 35.5. The Kier molecular flexibility index (Phi) is 4.16. The summed E-state index contributed by atoms with van der Waals surface area (Å²) in [6.45, 7) is -0.0469. The largest absolute Gasteiger partial charge is 0.484 e. The van der Waals surface area contributed by atoms with E-state index in [0.717, 1.165) is 18.2 Å². The summed E-state index contributed by atoms with van der Waals surface area (Å²) in [6.07, 6.45) is 0. The number of ether oxygens (including phenoxy) is 1. The maximum absolute atomic E-state index is 13.4. The van der Waals surface area contributed by atoms with Gasteiger partial charge in [-0.1, -0.05) is 11.6 Å². The maximum Gasteiger partial charge on any atom is 0.165 e. The lowest BCUT2D eigenvalue weighted by Crippen LogP contribution is -2.03. The average molecular weight is 285 g/mol. The van der Waals surface area contributed by atoms with E-state index in [1.165, 1.54) is 0 Å². The van der Waals surface area contributed by atoms with Crippen LogP contribution < -0.4 is 10.1 Å². The molecule has 0 unspecified atom stereocenters. The summed E-state index contributed by atoms with van der Waals surface area (Å²) < 4.78 is 31.5. The number of nitrogens with zero attached hydrogens (tertiary/aromatic N) is 1. The molecule has 0 atom stereocenters. The van der Waals surface area contributed by atoms with Crippen molar-refractivity contribution in [3.8, 4) is 5.75 Å². The number of pyridine rings is 1. The Morgan fingerprint density at radius 2 is 2.05 bits per heavy atom. The third-order valence-electron chi connectivity index (χ3n) is 2.43. The second kappa shape index (κ2) is 5.84. The molecule has 6 heteroatoms. The second-order valence-corrected chi connectivity index (χ2v) is 4.15. The van der Waals surface area contributed by atoms with Crippen molar-refractivity contribution in [3.05, 3.63) is 52.7 Å². The van der Waals surface area contributed by atoms with Gasteiger partial charge in [0, 0.05) is 13.1 Å². The Hall–Kier alpha value is -1.88. The van der Waals surface area contributed by atoms with Crippen molar-refractivity contribution in [1.82, 2.24) is 4.98 Å². The van der Waals surface area contributed by atoms with Crippen molar-refractivity contribution in [2.75, 3.05) is 12.4 Å². The van der Waals surface area contributed by atoms with Gasteiger partial charge >= 0.3 is 0 Å². The van der Waals surface area contributed by atoms with Crippen LogP contribution in [0.3, 0.4) is 0 Å². The quantitative estimate of drug-likeness (QED) is 0.931. The highest BCUT2D eigenvalue weighted by molar-refractivity contribution is 6.31. The minimum atomic E-state index is -0.637. The molecule has 100 valence electrons. The lowest BCUT2D eigenvalue weighted by Gasteiger charge is -2.09. The molecule has 1 aromatic carbocycles. The van der Waals surface area contributed by atoms with Gasteiger partial charge < -0.3 is 10.1 Å². The number of rotatable bonds is 4. The van der Waals surface area contributed by atoms with Crippen LogP contribution in [0.25, 0.3) is 0 Å². The third-order valence-corrected chi connectivity index (χ3v) is 2.78. The Morgan fingerprint density at radius 3 is 2.79 bits per heavy atom. The number of benzene rings is 1. The van der Waals surface area contributed by atoms with Gasteiger partial charge in [-0.15, -0.1) is 0 Å². The van der Waals surface area contributed by atoms with Gasteiger partial charge in [0.15, 0.2) is 11.6 Å². The number of hydrogen-bond acceptors (Lipinski definition) is 3. The fourth-order valence-corrected chi connectivity index (χ4v) is 1.62. The fourth-order valence-electron chi connectivity index (χ4n) is 1.46. The van der Waals surface area contributed by atoms with E-state index < -0.39 is 11.6 Å². The minimum absolute atomic E-state index is 0.0469. The molecule has 0 bridgehead atoms. The van der Waals surface area contributed by atoms with Crippen molar-refractivity contribution in [2.45, 2.75) is 6.61 Å². The molecule has 0 saturated heterocycles. The molecule has 0 fully saturated rings. The van der Waals surface area contributed by atoms with E-state index in [0.29, 0.717) is 16.5 Å². The molecule has 0 radical (unpaired) electrons. The number of anilines is 1. The molecule has 3 nitrogen and oxygen atoms in total. The molecule has 0 aliphatic carbocycles. The second-order valence-electron chi connectivity index (χ2n) is 3.74. The van der Waals surface area contributed by atoms with Gasteiger partial charge in [0.25, 0.3) is 0 Å². The first-order valence-corrected chi connectivity index (χ1v) is 5.89. The molecule has 1 heterocycles. The predicted octanol–water partition coefficient (Wildman–Crippen LogP) is 3.63. The van der Waals surface area contributed by atoms with Crippen LogP contribution in [0.4, 0.5) is 14.6 Å². The molecule has 0 amide bonds. The molecule has 1 aromatic heterocycles. The van der Waals surface area contributed by atoms with E-state index in [-0.39, 0.29) is 12.4 Å². The Labute approximate surface area is 114 Å². The summed E-state index contributed by atoms with van der Waals surface area (Å²) in [6, 6.07) is 6.36. The van der Waals surface area contributed by atoms with Crippen molar-refractivity contribution < 1.29 is 13.5 Å². The number of halogens is 3. The molecule has 19 heavy (non-hydrogen) atoms. The normalized spacial score (nSPS) is 10.3. The topological polar surface area (TPSA) is 34.1 Å². The summed E-state index contributed by atoms with van der Waals surface area (Å²) in [5.41, 5.74) is 0.442. The van der Waals surface area contributed by atoms with E-state index in [2.05, 4.69) is 10.3 Å². The zero-order valence-corrected chi connectivity index (χ0v) is 10.8. The lowest BCUT2D eigenvalue weighted by molar-refractivity contribution is 0.284. The molecule has 0 aliphatic rings. The number of nitrogens with one attached hydrogen (secondary N) is 1. The summed E-state index contributed by atoms with van der Waals surface area (Å²) in [5.74, 6) is -0.767. The average Bonchev–Trinajstić information content (AvgIpc) is 2.41. The van der Waals surface area contributed by atoms with Gasteiger partial charge in [0.1, 0.15) is 18.2 Å². The SMILES string of the molecule is CNc1ccc(Cl)c(COc2cc(F)ccc2F)n1. The third kappa shape index (κ3) is 3.32. The monoisotopic (exact) mass is 284 g/mol. The van der Waals surface area contributed by atoms with Crippen LogP contribution in [0, 0.1) is 11.6 Å². The molecule has 0 saturated carbocycles. The summed E-state index contributed by atoms with van der Waals surface area (Å²) >= 11 is 5.95. The van der Waals surface area contributed by atoms with Gasteiger partial charge in [-0.25, -0.2) is 13.8 Å². The Morgan fingerprint density at radius 1 is 1.26 bits per heavy atom. The van der Waals surface area contributed by atoms with Crippen molar-refractivity contribution >= 4 is 17.4 Å². The van der Waals surface area contributed by atoms with Crippen LogP contribution in [0.15, 0.2) is 30.3 Å². The highest BCUT2D eigenvalue weighted by Crippen LogP contribution is 2.22. The smallest absolute Gasteiger partial charge is 0.165 e. The standard InChI is InChI=1S/C13H11ClF2N2O/c1-17-13-5-3-9(14)11(18-13)7-19-12-6-8(15)2-4-10(12)16/h2-6H,7H2,1H3,(H,17,18). The number of aromatic nitrogens is 1. The molecule has 2 rings (SSSR count). The molecule has 0 spiro atoms. The first-order valence-electron chi connectivity index (χ1n) is 5.51. The van der Waals surface area contributed by atoms with E-state index >= 15 is 0 Å². The van der Waals surface area contributed by atoms with Crippen LogP contribution in [-0.4, -0.2) is 12.0 Å². The molecule has 1 N–H and O–H groups in total. The van der Waals surface area contributed by atoms with E-state index in [9.17, 15) is 8.78 Å². The van der Waals surface area contributed by atoms with Gasteiger partial charge in [0.05, 0.1) is 10.7 Å². The summed E-state index contributed by atoms with van der Waals surface area (Å²) in [7, 11) is 1.72. The Bertz CT molecular complexity index is 593. The zero-order chi connectivity index (χ0) is 13.8.